The Morgan fingerprint density at radius 1 is 1.24 bits per heavy atom. The lowest BCUT2D eigenvalue weighted by Crippen LogP contribution is -2.37. The zero-order chi connectivity index (χ0) is 20.8. The van der Waals surface area contributed by atoms with Crippen LogP contribution in [0, 0.1) is 0 Å². The van der Waals surface area contributed by atoms with E-state index in [4.69, 9.17) is 28.6 Å². The Morgan fingerprint density at radius 2 is 2.00 bits per heavy atom. The average Bonchev–Trinajstić information content (AvgIpc) is 2.70. The van der Waals surface area contributed by atoms with Crippen molar-refractivity contribution < 1.29 is 9.53 Å². The van der Waals surface area contributed by atoms with Gasteiger partial charge in [-0.3, -0.25) is 10.1 Å². The predicted molar refractivity (Wildman–Crippen MR) is 123 cm³/mol. The molecular weight excluding hydrogens is 406 g/mol. The van der Waals surface area contributed by atoms with Gasteiger partial charge in [0.15, 0.2) is 5.11 Å². The molecule has 1 aliphatic rings. The van der Waals surface area contributed by atoms with Gasteiger partial charge in [0.1, 0.15) is 5.75 Å². The van der Waals surface area contributed by atoms with Crippen molar-refractivity contribution in [3.63, 3.8) is 0 Å². The van der Waals surface area contributed by atoms with Crippen molar-refractivity contribution in [1.82, 2.24) is 5.32 Å². The van der Waals surface area contributed by atoms with Gasteiger partial charge in [-0.2, -0.15) is 0 Å². The first kappa shape index (κ1) is 21.4. The van der Waals surface area contributed by atoms with E-state index in [9.17, 15) is 4.79 Å². The number of anilines is 2. The summed E-state index contributed by atoms with van der Waals surface area (Å²) in [6.45, 7) is 5.74. The number of piperidine rings is 1. The first-order chi connectivity index (χ1) is 14.0. The molecule has 0 unspecified atom stereocenters. The molecule has 2 aromatic rings. The highest BCUT2D eigenvalue weighted by Gasteiger charge is 2.18. The Balaban J connectivity index is 1.57. The molecular formula is C22H26ClN3O2S. The first-order valence-corrected chi connectivity index (χ1v) is 10.7. The number of carbonyl (C=O) groups excluding carboxylic acids is 1. The lowest BCUT2D eigenvalue weighted by Gasteiger charge is -2.35. The van der Waals surface area contributed by atoms with Gasteiger partial charge in [0.2, 0.25) is 0 Å². The van der Waals surface area contributed by atoms with Gasteiger partial charge in [0.25, 0.3) is 5.91 Å². The second-order valence-electron chi connectivity index (χ2n) is 7.07. The highest BCUT2D eigenvalue weighted by Crippen LogP contribution is 2.26. The maximum atomic E-state index is 12.4. The smallest absolute Gasteiger partial charge is 0.257 e. The topological polar surface area (TPSA) is 53.6 Å². The maximum absolute atomic E-state index is 12.4. The molecule has 3 rings (SSSR count). The zero-order valence-electron chi connectivity index (χ0n) is 16.7. The summed E-state index contributed by atoms with van der Waals surface area (Å²) in [7, 11) is 0. The molecule has 29 heavy (non-hydrogen) atoms. The summed E-state index contributed by atoms with van der Waals surface area (Å²) in [6.07, 6.45) is 3.76. The van der Waals surface area contributed by atoms with E-state index >= 15 is 0 Å². The fourth-order valence-corrected chi connectivity index (χ4v) is 3.92. The molecule has 1 fully saturated rings. The molecule has 0 radical (unpaired) electrons. The van der Waals surface area contributed by atoms with Gasteiger partial charge in [-0.15, -0.1) is 0 Å². The van der Waals surface area contributed by atoms with Crippen LogP contribution < -0.4 is 20.3 Å². The molecule has 154 valence electrons. The number of nitrogens with zero attached hydrogens (tertiary/aromatic N) is 1. The van der Waals surface area contributed by atoms with Crippen molar-refractivity contribution in [1.29, 1.82) is 0 Å². The number of halogens is 1. The molecule has 1 amide bonds. The van der Waals surface area contributed by atoms with E-state index in [1.807, 2.05) is 19.1 Å². The number of amides is 1. The monoisotopic (exact) mass is 431 g/mol. The summed E-state index contributed by atoms with van der Waals surface area (Å²) >= 11 is 11.4. The number of rotatable bonds is 5. The van der Waals surface area contributed by atoms with Gasteiger partial charge < -0.3 is 15.0 Å². The van der Waals surface area contributed by atoms with E-state index in [0.29, 0.717) is 29.0 Å². The first-order valence-electron chi connectivity index (χ1n) is 9.89. The maximum Gasteiger partial charge on any atom is 0.257 e. The van der Waals surface area contributed by atoms with E-state index in [-0.39, 0.29) is 11.0 Å². The number of benzene rings is 2. The summed E-state index contributed by atoms with van der Waals surface area (Å²) in [5, 5.41) is 6.36. The van der Waals surface area contributed by atoms with Gasteiger partial charge in [0, 0.05) is 29.5 Å². The van der Waals surface area contributed by atoms with Crippen LogP contribution in [-0.4, -0.2) is 30.2 Å². The number of ether oxygens (including phenoxy) is 1. The molecule has 1 heterocycles. The SMILES string of the molecule is CCOc1ccc(C(=O)NC(=S)Nc2ccc(N3CCCC[C@H]3C)cc2)cc1Cl. The highest BCUT2D eigenvalue weighted by atomic mass is 35.5. The number of hydrogen-bond acceptors (Lipinski definition) is 4. The Labute approximate surface area is 182 Å². The van der Waals surface area contributed by atoms with Crippen LogP contribution in [0.2, 0.25) is 5.02 Å². The molecule has 5 nitrogen and oxygen atoms in total. The minimum Gasteiger partial charge on any atom is -0.492 e. The summed E-state index contributed by atoms with van der Waals surface area (Å²) in [6, 6.07) is 13.6. The van der Waals surface area contributed by atoms with Gasteiger partial charge in [0.05, 0.1) is 11.6 Å². The molecule has 0 saturated carbocycles. The Kier molecular flexibility index (Phi) is 7.34. The van der Waals surface area contributed by atoms with Gasteiger partial charge >= 0.3 is 0 Å². The number of thiocarbonyl (C=S) groups is 1. The van der Waals surface area contributed by atoms with Crippen molar-refractivity contribution in [2.75, 3.05) is 23.4 Å². The summed E-state index contributed by atoms with van der Waals surface area (Å²) in [4.78, 5) is 14.9. The van der Waals surface area contributed by atoms with Gasteiger partial charge in [-0.25, -0.2) is 0 Å². The van der Waals surface area contributed by atoms with Crippen molar-refractivity contribution in [3.05, 3.63) is 53.1 Å². The van der Waals surface area contributed by atoms with Crippen LogP contribution in [0.3, 0.4) is 0 Å². The van der Waals surface area contributed by atoms with Crippen LogP contribution in [-0.2, 0) is 0 Å². The normalized spacial score (nSPS) is 16.2. The van der Waals surface area contributed by atoms with E-state index < -0.39 is 0 Å². The summed E-state index contributed by atoms with van der Waals surface area (Å²) in [5.74, 6) is 0.223. The molecule has 2 N–H and O–H groups in total. The third-order valence-electron chi connectivity index (χ3n) is 4.98. The van der Waals surface area contributed by atoms with E-state index in [2.05, 4.69) is 34.6 Å². The molecule has 0 aliphatic carbocycles. The molecule has 1 saturated heterocycles. The summed E-state index contributed by atoms with van der Waals surface area (Å²) in [5.41, 5.74) is 2.45. The largest absolute Gasteiger partial charge is 0.492 e. The standard InChI is InChI=1S/C22H26ClN3O2S/c1-3-28-20-12-7-16(14-19(20)23)21(27)25-22(29)24-17-8-10-18(11-9-17)26-13-5-4-6-15(26)2/h7-12,14-15H,3-6,13H2,1-2H3,(H2,24,25,27,29)/t15-/m1/s1. The Hall–Kier alpha value is -2.31. The van der Waals surface area contributed by atoms with Gasteiger partial charge in [-0.05, 0) is 87.8 Å². The average molecular weight is 432 g/mol. The van der Waals surface area contributed by atoms with E-state index in [0.717, 1.165) is 12.2 Å². The van der Waals surface area contributed by atoms with Crippen LogP contribution in [0.1, 0.15) is 43.5 Å². The molecule has 0 spiro atoms. The molecule has 2 aromatic carbocycles. The molecule has 7 heteroatoms. The second-order valence-corrected chi connectivity index (χ2v) is 7.89. The lowest BCUT2D eigenvalue weighted by molar-refractivity contribution is 0.0977. The lowest BCUT2D eigenvalue weighted by atomic mass is 10.0. The fraction of sp³-hybridized carbons (Fsp3) is 0.364. The van der Waals surface area contributed by atoms with Crippen molar-refractivity contribution in [2.45, 2.75) is 39.2 Å². The van der Waals surface area contributed by atoms with Crippen LogP contribution in [0.25, 0.3) is 0 Å². The molecule has 0 aromatic heterocycles. The van der Waals surface area contributed by atoms with Crippen molar-refractivity contribution >= 4 is 46.2 Å². The minimum atomic E-state index is -0.328. The number of hydrogen-bond donors (Lipinski definition) is 2. The molecule has 1 atom stereocenters. The highest BCUT2D eigenvalue weighted by molar-refractivity contribution is 7.80. The third kappa shape index (κ3) is 5.61. The predicted octanol–water partition coefficient (Wildman–Crippen LogP) is 5.24. The number of carbonyl (C=O) groups is 1. The Morgan fingerprint density at radius 3 is 2.66 bits per heavy atom. The summed E-state index contributed by atoms with van der Waals surface area (Å²) < 4.78 is 5.39. The minimum absolute atomic E-state index is 0.235. The van der Waals surface area contributed by atoms with Crippen molar-refractivity contribution in [2.24, 2.45) is 0 Å². The van der Waals surface area contributed by atoms with E-state index in [1.54, 1.807) is 18.2 Å². The second kappa shape index (κ2) is 9.94. The van der Waals surface area contributed by atoms with Crippen LogP contribution in [0.5, 0.6) is 5.75 Å². The Bertz CT molecular complexity index is 873. The van der Waals surface area contributed by atoms with Crippen molar-refractivity contribution in [3.8, 4) is 5.75 Å². The van der Waals surface area contributed by atoms with E-state index in [1.165, 1.54) is 24.9 Å². The molecule has 0 bridgehead atoms. The van der Waals surface area contributed by atoms with Crippen LogP contribution in [0.4, 0.5) is 11.4 Å². The zero-order valence-corrected chi connectivity index (χ0v) is 18.3. The number of nitrogens with one attached hydrogen (secondary N) is 2. The third-order valence-corrected chi connectivity index (χ3v) is 5.48. The van der Waals surface area contributed by atoms with Crippen LogP contribution >= 0.6 is 23.8 Å². The van der Waals surface area contributed by atoms with Gasteiger partial charge in [-0.1, -0.05) is 11.6 Å². The fourth-order valence-electron chi connectivity index (χ4n) is 3.47. The molecule has 1 aliphatic heterocycles. The quantitative estimate of drug-likeness (QED) is 0.633. The van der Waals surface area contributed by atoms with Crippen LogP contribution in [0.15, 0.2) is 42.5 Å².